The molecule has 1 amide bonds. The zero-order valence-electron chi connectivity index (χ0n) is 16.4. The van der Waals surface area contributed by atoms with Crippen LogP contribution in [0.4, 0.5) is 0 Å². The highest BCUT2D eigenvalue weighted by atomic mass is 35.5. The minimum Gasteiger partial charge on any atom is -0.497 e. The van der Waals surface area contributed by atoms with Crippen molar-refractivity contribution >= 4 is 29.7 Å². The number of thiophene rings is 1. The van der Waals surface area contributed by atoms with Crippen LogP contribution in [-0.2, 0) is 17.8 Å². The van der Waals surface area contributed by atoms with Gasteiger partial charge in [0.2, 0.25) is 5.91 Å². The molecule has 4 nitrogen and oxygen atoms in total. The molecule has 1 spiro atoms. The van der Waals surface area contributed by atoms with Gasteiger partial charge in [-0.25, -0.2) is 0 Å². The first-order valence-corrected chi connectivity index (χ1v) is 10.8. The largest absolute Gasteiger partial charge is 0.497 e. The van der Waals surface area contributed by atoms with E-state index in [-0.39, 0.29) is 18.3 Å². The van der Waals surface area contributed by atoms with Crippen LogP contribution in [0.3, 0.4) is 0 Å². The summed E-state index contributed by atoms with van der Waals surface area (Å²) in [4.78, 5) is 15.4. The van der Waals surface area contributed by atoms with Crippen molar-refractivity contribution in [1.82, 2.24) is 10.2 Å². The van der Waals surface area contributed by atoms with Gasteiger partial charge >= 0.3 is 0 Å². The molecule has 1 atom stereocenters. The SMILES string of the molecule is COc1cccc(CCC(=O)N(Cc2ccsc2)C2CC23CCNCC3)c1.Cl. The second-order valence-corrected chi connectivity index (χ2v) is 8.62. The quantitative estimate of drug-likeness (QED) is 0.726. The van der Waals surface area contributed by atoms with E-state index in [0.717, 1.165) is 37.4 Å². The van der Waals surface area contributed by atoms with Crippen molar-refractivity contribution in [3.8, 4) is 5.75 Å². The number of carbonyl (C=O) groups is 1. The molecule has 2 aromatic rings. The first-order valence-electron chi connectivity index (χ1n) is 9.84. The van der Waals surface area contributed by atoms with Crippen molar-refractivity contribution in [1.29, 1.82) is 0 Å². The third kappa shape index (κ3) is 4.70. The molecule has 1 aromatic heterocycles. The van der Waals surface area contributed by atoms with Crippen LogP contribution in [0.5, 0.6) is 5.75 Å². The van der Waals surface area contributed by atoms with Gasteiger partial charge in [-0.15, -0.1) is 12.4 Å². The van der Waals surface area contributed by atoms with Gasteiger partial charge in [-0.3, -0.25) is 4.79 Å². The van der Waals surface area contributed by atoms with E-state index in [9.17, 15) is 4.79 Å². The standard InChI is InChI=1S/C22H28N2O2S.ClH/c1-26-19-4-2-3-17(13-19)5-6-21(25)24(15-18-7-12-27-16-18)20-14-22(20)8-10-23-11-9-22;/h2-4,7,12-13,16,20,23H,5-6,8-11,14-15H2,1H3;1H. The minimum absolute atomic E-state index is 0. The van der Waals surface area contributed by atoms with Gasteiger partial charge in [0.15, 0.2) is 0 Å². The number of hydrogen-bond donors (Lipinski definition) is 1. The van der Waals surface area contributed by atoms with Gasteiger partial charge in [0.1, 0.15) is 5.75 Å². The molecule has 2 heterocycles. The summed E-state index contributed by atoms with van der Waals surface area (Å²) >= 11 is 1.70. The molecule has 1 saturated heterocycles. The minimum atomic E-state index is 0. The van der Waals surface area contributed by atoms with Crippen LogP contribution < -0.4 is 10.1 Å². The van der Waals surface area contributed by atoms with E-state index in [1.54, 1.807) is 18.4 Å². The number of aryl methyl sites for hydroxylation is 1. The fourth-order valence-corrected chi connectivity index (χ4v) is 5.06. The first kappa shape index (κ1) is 21.2. The second kappa shape index (κ2) is 9.29. The number of amides is 1. The Bertz CT molecular complexity index is 775. The van der Waals surface area contributed by atoms with E-state index < -0.39 is 0 Å². The van der Waals surface area contributed by atoms with Crippen LogP contribution >= 0.6 is 23.7 Å². The van der Waals surface area contributed by atoms with Crippen LogP contribution in [0, 0.1) is 5.41 Å². The second-order valence-electron chi connectivity index (χ2n) is 7.84. The molecule has 1 aromatic carbocycles. The van der Waals surface area contributed by atoms with Crippen molar-refractivity contribution in [3.05, 3.63) is 52.2 Å². The number of ether oxygens (including phenoxy) is 1. The molecular formula is C22H29ClN2O2S. The summed E-state index contributed by atoms with van der Waals surface area (Å²) < 4.78 is 5.30. The Balaban J connectivity index is 0.00000225. The lowest BCUT2D eigenvalue weighted by molar-refractivity contribution is -0.133. The average molecular weight is 421 g/mol. The van der Waals surface area contributed by atoms with Gasteiger partial charge in [-0.05, 0) is 84.3 Å². The lowest BCUT2D eigenvalue weighted by atomic mass is 9.93. The third-order valence-electron chi connectivity index (χ3n) is 6.14. The summed E-state index contributed by atoms with van der Waals surface area (Å²) in [6.45, 7) is 2.92. The summed E-state index contributed by atoms with van der Waals surface area (Å²) in [5.74, 6) is 1.13. The molecule has 2 aliphatic rings. The molecule has 0 radical (unpaired) electrons. The Morgan fingerprint density at radius 3 is 2.82 bits per heavy atom. The van der Waals surface area contributed by atoms with Gasteiger partial charge in [-0.2, -0.15) is 11.3 Å². The summed E-state index contributed by atoms with van der Waals surface area (Å²) in [6, 6.07) is 10.6. The van der Waals surface area contributed by atoms with Crippen LogP contribution in [0.15, 0.2) is 41.1 Å². The lowest BCUT2D eigenvalue weighted by Gasteiger charge is -2.29. The fourth-order valence-electron chi connectivity index (χ4n) is 4.40. The number of carbonyl (C=O) groups excluding carboxylic acids is 1. The van der Waals surface area contributed by atoms with Crippen LogP contribution in [-0.4, -0.2) is 37.0 Å². The van der Waals surface area contributed by atoms with Gasteiger partial charge < -0.3 is 15.0 Å². The number of benzene rings is 1. The number of nitrogens with zero attached hydrogens (tertiary/aromatic N) is 1. The average Bonchev–Trinajstić information content (AvgIpc) is 3.13. The van der Waals surface area contributed by atoms with Crippen molar-refractivity contribution in [2.24, 2.45) is 5.41 Å². The predicted octanol–water partition coefficient (Wildman–Crippen LogP) is 4.28. The zero-order chi connectivity index (χ0) is 18.7. The molecule has 1 saturated carbocycles. The number of nitrogens with one attached hydrogen (secondary N) is 1. The van der Waals surface area contributed by atoms with E-state index in [4.69, 9.17) is 4.74 Å². The molecule has 6 heteroatoms. The summed E-state index contributed by atoms with van der Waals surface area (Å²) in [5, 5.41) is 7.72. The predicted molar refractivity (Wildman–Crippen MR) is 116 cm³/mol. The highest BCUT2D eigenvalue weighted by molar-refractivity contribution is 7.07. The van der Waals surface area contributed by atoms with Crippen LogP contribution in [0.2, 0.25) is 0 Å². The van der Waals surface area contributed by atoms with Gasteiger partial charge in [0.05, 0.1) is 7.11 Å². The Hall–Kier alpha value is -1.56. The normalized spacial score (nSPS) is 19.7. The Morgan fingerprint density at radius 2 is 2.11 bits per heavy atom. The van der Waals surface area contributed by atoms with E-state index >= 15 is 0 Å². The molecule has 28 heavy (non-hydrogen) atoms. The highest BCUT2D eigenvalue weighted by Crippen LogP contribution is 2.56. The highest BCUT2D eigenvalue weighted by Gasteiger charge is 2.57. The van der Waals surface area contributed by atoms with Crippen molar-refractivity contribution in [3.63, 3.8) is 0 Å². The van der Waals surface area contributed by atoms with E-state index in [1.165, 1.54) is 24.8 Å². The third-order valence-corrected chi connectivity index (χ3v) is 6.87. The van der Waals surface area contributed by atoms with Crippen molar-refractivity contribution in [2.45, 2.75) is 44.7 Å². The first-order chi connectivity index (χ1) is 13.2. The maximum absolute atomic E-state index is 13.2. The maximum atomic E-state index is 13.2. The number of halogens is 1. The summed E-state index contributed by atoms with van der Waals surface area (Å²) in [6.07, 6.45) is 4.88. The molecule has 1 aliphatic carbocycles. The summed E-state index contributed by atoms with van der Waals surface area (Å²) in [7, 11) is 1.68. The zero-order valence-corrected chi connectivity index (χ0v) is 18.0. The molecule has 1 unspecified atom stereocenters. The van der Waals surface area contributed by atoms with Crippen LogP contribution in [0.25, 0.3) is 0 Å². The molecular weight excluding hydrogens is 392 g/mol. The summed E-state index contributed by atoms with van der Waals surface area (Å²) in [5.41, 5.74) is 2.78. The maximum Gasteiger partial charge on any atom is 0.223 e. The monoisotopic (exact) mass is 420 g/mol. The van der Waals surface area contributed by atoms with Gasteiger partial charge in [0, 0.05) is 19.0 Å². The Kier molecular flexibility index (Phi) is 7.02. The lowest BCUT2D eigenvalue weighted by Crippen LogP contribution is -2.39. The molecule has 2 fully saturated rings. The van der Waals surface area contributed by atoms with Crippen molar-refractivity contribution in [2.75, 3.05) is 20.2 Å². The molecule has 1 N–H and O–H groups in total. The molecule has 0 bridgehead atoms. The smallest absolute Gasteiger partial charge is 0.223 e. The molecule has 1 aliphatic heterocycles. The fraction of sp³-hybridized carbons (Fsp3) is 0.500. The molecule has 4 rings (SSSR count). The Morgan fingerprint density at radius 1 is 1.29 bits per heavy atom. The van der Waals surface area contributed by atoms with Gasteiger partial charge in [0.25, 0.3) is 0 Å². The topological polar surface area (TPSA) is 41.6 Å². The van der Waals surface area contributed by atoms with Crippen LogP contribution in [0.1, 0.15) is 36.8 Å². The van der Waals surface area contributed by atoms with E-state index in [1.807, 2.05) is 18.2 Å². The van der Waals surface area contributed by atoms with E-state index in [2.05, 4.69) is 33.1 Å². The number of rotatable bonds is 7. The number of hydrogen-bond acceptors (Lipinski definition) is 4. The number of piperidine rings is 1. The molecule has 152 valence electrons. The van der Waals surface area contributed by atoms with Crippen molar-refractivity contribution < 1.29 is 9.53 Å². The Labute approximate surface area is 177 Å². The number of methoxy groups -OCH3 is 1. The van der Waals surface area contributed by atoms with E-state index in [0.29, 0.717) is 17.9 Å². The van der Waals surface area contributed by atoms with Gasteiger partial charge in [-0.1, -0.05) is 12.1 Å².